The van der Waals surface area contributed by atoms with Crippen LogP contribution >= 0.6 is 0 Å². The van der Waals surface area contributed by atoms with E-state index in [1.807, 2.05) is 0 Å². The standard InChI is InChI=1S/C18H21NO2/c1-12-4-6-13(7-5-12)18-15-11-17(21-3)16(20-2)10-14(15)8-9-19-18/h4-7,10-11,18-19H,8-9H2,1-3H3/t18-/m0/s1. The molecule has 0 saturated heterocycles. The Labute approximate surface area is 125 Å². The van der Waals surface area contributed by atoms with Crippen molar-refractivity contribution < 1.29 is 9.47 Å². The Balaban J connectivity index is 2.06. The van der Waals surface area contributed by atoms with Gasteiger partial charge in [0.1, 0.15) is 0 Å². The number of benzene rings is 2. The fourth-order valence-electron chi connectivity index (χ4n) is 2.94. The molecule has 0 bridgehead atoms. The summed E-state index contributed by atoms with van der Waals surface area (Å²) in [6.07, 6.45) is 1.01. The van der Waals surface area contributed by atoms with Crippen LogP contribution in [0.5, 0.6) is 11.5 Å². The molecule has 0 amide bonds. The Hall–Kier alpha value is -2.00. The van der Waals surface area contributed by atoms with Gasteiger partial charge in [-0.15, -0.1) is 0 Å². The lowest BCUT2D eigenvalue weighted by molar-refractivity contribution is 0.353. The second kappa shape index (κ2) is 5.78. The summed E-state index contributed by atoms with van der Waals surface area (Å²) in [5, 5.41) is 3.60. The van der Waals surface area contributed by atoms with Crippen molar-refractivity contribution in [1.29, 1.82) is 0 Å². The molecule has 3 rings (SSSR count). The van der Waals surface area contributed by atoms with Crippen LogP contribution in [0.15, 0.2) is 36.4 Å². The minimum atomic E-state index is 0.217. The molecule has 0 aromatic heterocycles. The molecule has 1 aliphatic rings. The fourth-order valence-corrected chi connectivity index (χ4v) is 2.94. The molecule has 2 aromatic carbocycles. The average molecular weight is 283 g/mol. The van der Waals surface area contributed by atoms with Gasteiger partial charge in [0.2, 0.25) is 0 Å². The monoisotopic (exact) mass is 283 g/mol. The molecule has 0 saturated carbocycles. The highest BCUT2D eigenvalue weighted by Gasteiger charge is 2.23. The van der Waals surface area contributed by atoms with E-state index in [2.05, 4.69) is 48.6 Å². The number of methoxy groups -OCH3 is 2. The van der Waals surface area contributed by atoms with Crippen LogP contribution in [-0.2, 0) is 6.42 Å². The van der Waals surface area contributed by atoms with Gasteiger partial charge >= 0.3 is 0 Å². The minimum absolute atomic E-state index is 0.217. The van der Waals surface area contributed by atoms with Gasteiger partial charge in [-0.3, -0.25) is 0 Å². The van der Waals surface area contributed by atoms with Crippen LogP contribution < -0.4 is 14.8 Å². The molecule has 0 spiro atoms. The Bertz CT molecular complexity index is 634. The first kappa shape index (κ1) is 14.0. The number of fused-ring (bicyclic) bond motifs is 1. The second-order valence-corrected chi connectivity index (χ2v) is 5.45. The molecule has 110 valence electrons. The van der Waals surface area contributed by atoms with Crippen molar-refractivity contribution >= 4 is 0 Å². The molecule has 3 nitrogen and oxygen atoms in total. The molecule has 0 unspecified atom stereocenters. The highest BCUT2D eigenvalue weighted by molar-refractivity contribution is 5.51. The molecule has 2 aromatic rings. The van der Waals surface area contributed by atoms with Crippen LogP contribution in [0.25, 0.3) is 0 Å². The molecule has 1 aliphatic heterocycles. The lowest BCUT2D eigenvalue weighted by Crippen LogP contribution is -2.30. The van der Waals surface area contributed by atoms with Crippen molar-refractivity contribution in [3.05, 3.63) is 58.7 Å². The van der Waals surface area contributed by atoms with E-state index in [-0.39, 0.29) is 6.04 Å². The second-order valence-electron chi connectivity index (χ2n) is 5.45. The first-order valence-corrected chi connectivity index (χ1v) is 7.27. The van der Waals surface area contributed by atoms with E-state index in [4.69, 9.17) is 9.47 Å². The average Bonchev–Trinajstić information content (AvgIpc) is 2.53. The van der Waals surface area contributed by atoms with Gasteiger partial charge in [-0.05, 0) is 42.2 Å². The molecule has 0 fully saturated rings. The summed E-state index contributed by atoms with van der Waals surface area (Å²) >= 11 is 0. The number of nitrogens with one attached hydrogen (secondary N) is 1. The molecule has 0 radical (unpaired) electrons. The predicted octanol–water partition coefficient (Wildman–Crippen LogP) is 3.25. The molecule has 1 N–H and O–H groups in total. The van der Waals surface area contributed by atoms with Crippen LogP contribution in [0.2, 0.25) is 0 Å². The smallest absolute Gasteiger partial charge is 0.161 e. The van der Waals surface area contributed by atoms with E-state index >= 15 is 0 Å². The van der Waals surface area contributed by atoms with Crippen LogP contribution in [0.1, 0.15) is 28.3 Å². The normalized spacial score (nSPS) is 17.2. The third-order valence-corrected chi connectivity index (χ3v) is 4.11. The van der Waals surface area contributed by atoms with Gasteiger partial charge in [-0.1, -0.05) is 29.8 Å². The quantitative estimate of drug-likeness (QED) is 0.938. The number of rotatable bonds is 3. The maximum absolute atomic E-state index is 5.45. The van der Waals surface area contributed by atoms with Crippen molar-refractivity contribution in [2.24, 2.45) is 0 Å². The minimum Gasteiger partial charge on any atom is -0.493 e. The summed E-state index contributed by atoms with van der Waals surface area (Å²) in [7, 11) is 3.37. The lowest BCUT2D eigenvalue weighted by atomic mass is 9.89. The number of aryl methyl sites for hydroxylation is 1. The van der Waals surface area contributed by atoms with Crippen LogP contribution in [-0.4, -0.2) is 20.8 Å². The van der Waals surface area contributed by atoms with E-state index in [0.717, 1.165) is 24.5 Å². The zero-order valence-electron chi connectivity index (χ0n) is 12.8. The van der Waals surface area contributed by atoms with E-state index < -0.39 is 0 Å². The van der Waals surface area contributed by atoms with Crippen molar-refractivity contribution in [2.45, 2.75) is 19.4 Å². The molecular formula is C18H21NO2. The Morgan fingerprint density at radius 1 is 1.00 bits per heavy atom. The van der Waals surface area contributed by atoms with Crippen LogP contribution in [0.4, 0.5) is 0 Å². The zero-order chi connectivity index (χ0) is 14.8. The third-order valence-electron chi connectivity index (χ3n) is 4.11. The summed E-state index contributed by atoms with van der Waals surface area (Å²) in [5.41, 5.74) is 5.18. The SMILES string of the molecule is COc1cc2c(cc1OC)[C@H](c1ccc(C)cc1)NCC2. The maximum Gasteiger partial charge on any atom is 0.161 e. The van der Waals surface area contributed by atoms with Gasteiger partial charge in [-0.2, -0.15) is 0 Å². The zero-order valence-corrected chi connectivity index (χ0v) is 12.8. The van der Waals surface area contributed by atoms with Gasteiger partial charge < -0.3 is 14.8 Å². The number of hydrogen-bond donors (Lipinski definition) is 1. The van der Waals surface area contributed by atoms with Gasteiger partial charge in [0, 0.05) is 6.54 Å². The molecule has 21 heavy (non-hydrogen) atoms. The lowest BCUT2D eigenvalue weighted by Gasteiger charge is -2.28. The van der Waals surface area contributed by atoms with Crippen LogP contribution in [0.3, 0.4) is 0 Å². The van der Waals surface area contributed by atoms with Crippen molar-refractivity contribution in [3.8, 4) is 11.5 Å². The summed E-state index contributed by atoms with van der Waals surface area (Å²) in [6, 6.07) is 13.1. The number of hydrogen-bond acceptors (Lipinski definition) is 3. The van der Waals surface area contributed by atoms with Gasteiger partial charge in [0.25, 0.3) is 0 Å². The number of ether oxygens (including phenoxy) is 2. The highest BCUT2D eigenvalue weighted by atomic mass is 16.5. The molecule has 0 aliphatic carbocycles. The van der Waals surface area contributed by atoms with Crippen molar-refractivity contribution in [3.63, 3.8) is 0 Å². The van der Waals surface area contributed by atoms with E-state index in [1.165, 1.54) is 22.3 Å². The molecule has 1 heterocycles. The van der Waals surface area contributed by atoms with Crippen LogP contribution in [0, 0.1) is 6.92 Å². The molecule has 1 atom stereocenters. The summed E-state index contributed by atoms with van der Waals surface area (Å²) in [6.45, 7) is 3.08. The summed E-state index contributed by atoms with van der Waals surface area (Å²) in [4.78, 5) is 0. The van der Waals surface area contributed by atoms with Crippen molar-refractivity contribution in [1.82, 2.24) is 5.32 Å². The Kier molecular flexibility index (Phi) is 3.84. The van der Waals surface area contributed by atoms with E-state index in [1.54, 1.807) is 14.2 Å². The fraction of sp³-hybridized carbons (Fsp3) is 0.333. The van der Waals surface area contributed by atoms with E-state index in [0.29, 0.717) is 0 Å². The largest absolute Gasteiger partial charge is 0.493 e. The molecule has 3 heteroatoms. The Morgan fingerprint density at radius 3 is 2.33 bits per heavy atom. The topological polar surface area (TPSA) is 30.5 Å². The van der Waals surface area contributed by atoms with Crippen molar-refractivity contribution in [2.75, 3.05) is 20.8 Å². The maximum atomic E-state index is 5.45. The van der Waals surface area contributed by atoms with Gasteiger partial charge in [0.15, 0.2) is 11.5 Å². The van der Waals surface area contributed by atoms with Gasteiger partial charge in [0.05, 0.1) is 20.3 Å². The highest BCUT2D eigenvalue weighted by Crippen LogP contribution is 2.37. The Morgan fingerprint density at radius 2 is 1.67 bits per heavy atom. The summed E-state index contributed by atoms with van der Waals surface area (Å²) < 4.78 is 10.9. The first-order valence-electron chi connectivity index (χ1n) is 7.27. The third kappa shape index (κ3) is 2.61. The van der Waals surface area contributed by atoms with E-state index in [9.17, 15) is 0 Å². The van der Waals surface area contributed by atoms with Gasteiger partial charge in [-0.25, -0.2) is 0 Å². The predicted molar refractivity (Wildman–Crippen MR) is 84.3 cm³/mol. The molecular weight excluding hydrogens is 262 g/mol. The summed E-state index contributed by atoms with van der Waals surface area (Å²) in [5.74, 6) is 1.60. The first-order chi connectivity index (χ1) is 10.2.